The number of carbonyl (C=O) groups is 1. The third-order valence-corrected chi connectivity index (χ3v) is 5.60. The van der Waals surface area contributed by atoms with Gasteiger partial charge < -0.3 is 5.32 Å². The van der Waals surface area contributed by atoms with Gasteiger partial charge in [0.1, 0.15) is 4.88 Å². The van der Waals surface area contributed by atoms with Crippen LogP contribution >= 0.6 is 38.9 Å². The van der Waals surface area contributed by atoms with E-state index in [2.05, 4.69) is 21.2 Å². The van der Waals surface area contributed by atoms with Crippen molar-refractivity contribution in [3.05, 3.63) is 20.8 Å². The minimum atomic E-state index is 0.0205. The van der Waals surface area contributed by atoms with Gasteiger partial charge in [-0.15, -0.1) is 22.9 Å². The number of rotatable bonds is 4. The van der Waals surface area contributed by atoms with E-state index in [1.807, 2.05) is 11.4 Å². The number of hydrogen-bond acceptors (Lipinski definition) is 2. The second-order valence-corrected chi connectivity index (χ2v) is 6.49. The Labute approximate surface area is 119 Å². The van der Waals surface area contributed by atoms with E-state index in [-0.39, 0.29) is 5.91 Å². The number of nitrogens with one attached hydrogen (secondary N) is 1. The van der Waals surface area contributed by atoms with Crippen molar-refractivity contribution in [2.75, 3.05) is 12.4 Å². The van der Waals surface area contributed by atoms with Crippen molar-refractivity contribution < 1.29 is 4.79 Å². The maximum atomic E-state index is 11.9. The average Bonchev–Trinajstić information content (AvgIpc) is 2.94. The third kappa shape index (κ3) is 3.24. The zero-order valence-corrected chi connectivity index (χ0v) is 12.6. The number of hydrogen-bond donors (Lipinski definition) is 1. The standard InChI is InChI=1S/C12H15BrClNOS/c13-10-4-5-17-11(10)12(16)15-7-9-3-1-2-8(9)6-14/h4-5,8-9H,1-3,6-7H2,(H,15,16). The van der Waals surface area contributed by atoms with Crippen LogP contribution in [-0.4, -0.2) is 18.3 Å². The van der Waals surface area contributed by atoms with Crippen LogP contribution in [0, 0.1) is 11.8 Å². The van der Waals surface area contributed by atoms with Crippen LogP contribution in [0.15, 0.2) is 15.9 Å². The maximum absolute atomic E-state index is 11.9. The Morgan fingerprint density at radius 2 is 2.29 bits per heavy atom. The predicted octanol–water partition coefficient (Wildman–Crippen LogP) is 3.90. The van der Waals surface area contributed by atoms with Gasteiger partial charge in [-0.3, -0.25) is 4.79 Å². The molecule has 1 amide bonds. The zero-order valence-electron chi connectivity index (χ0n) is 9.42. The molecule has 0 bridgehead atoms. The quantitative estimate of drug-likeness (QED) is 0.830. The van der Waals surface area contributed by atoms with Gasteiger partial charge >= 0.3 is 0 Å². The lowest BCUT2D eigenvalue weighted by atomic mass is 9.98. The fourth-order valence-electron chi connectivity index (χ4n) is 2.35. The van der Waals surface area contributed by atoms with E-state index >= 15 is 0 Å². The maximum Gasteiger partial charge on any atom is 0.262 e. The zero-order chi connectivity index (χ0) is 12.3. The molecule has 0 aliphatic heterocycles. The molecule has 0 radical (unpaired) electrons. The Bertz CT molecular complexity index is 396. The number of alkyl halides is 1. The first-order valence-corrected chi connectivity index (χ1v) is 8.00. The fourth-order valence-corrected chi connectivity index (χ4v) is 4.22. The number of carbonyl (C=O) groups excluding carboxylic acids is 1. The van der Waals surface area contributed by atoms with Crippen LogP contribution in [0.25, 0.3) is 0 Å². The van der Waals surface area contributed by atoms with Gasteiger partial charge in [0, 0.05) is 16.9 Å². The van der Waals surface area contributed by atoms with Gasteiger partial charge in [0.05, 0.1) is 0 Å². The van der Waals surface area contributed by atoms with Gasteiger partial charge in [0.25, 0.3) is 5.91 Å². The molecule has 0 aromatic carbocycles. The lowest BCUT2D eigenvalue weighted by Gasteiger charge is -2.17. The molecule has 1 saturated carbocycles. The molecule has 2 unspecified atom stereocenters. The first kappa shape index (κ1) is 13.4. The molecule has 1 aromatic heterocycles. The van der Waals surface area contributed by atoms with Crippen molar-refractivity contribution in [3.8, 4) is 0 Å². The van der Waals surface area contributed by atoms with Crippen LogP contribution in [0.2, 0.25) is 0 Å². The molecule has 5 heteroatoms. The monoisotopic (exact) mass is 335 g/mol. The molecule has 1 heterocycles. The molecule has 1 fully saturated rings. The summed E-state index contributed by atoms with van der Waals surface area (Å²) in [6.45, 7) is 0.751. The van der Waals surface area contributed by atoms with Gasteiger partial charge in [-0.05, 0) is 52.1 Å². The molecular weight excluding hydrogens is 322 g/mol. The Morgan fingerprint density at radius 3 is 2.94 bits per heavy atom. The third-order valence-electron chi connectivity index (χ3n) is 3.36. The van der Waals surface area contributed by atoms with Crippen LogP contribution in [0.1, 0.15) is 28.9 Å². The Hall–Kier alpha value is -0.0600. The smallest absolute Gasteiger partial charge is 0.262 e. The van der Waals surface area contributed by atoms with E-state index in [0.717, 1.165) is 15.9 Å². The summed E-state index contributed by atoms with van der Waals surface area (Å²) in [7, 11) is 0. The van der Waals surface area contributed by atoms with Crippen molar-refractivity contribution >= 4 is 44.8 Å². The summed E-state index contributed by atoms with van der Waals surface area (Å²) in [5, 5.41) is 4.93. The van der Waals surface area contributed by atoms with Crippen LogP contribution in [0.4, 0.5) is 0 Å². The summed E-state index contributed by atoms with van der Waals surface area (Å²) < 4.78 is 0.875. The topological polar surface area (TPSA) is 29.1 Å². The van der Waals surface area contributed by atoms with E-state index < -0.39 is 0 Å². The average molecular weight is 337 g/mol. The van der Waals surface area contributed by atoms with E-state index in [1.165, 1.54) is 30.6 Å². The molecule has 1 N–H and O–H groups in total. The van der Waals surface area contributed by atoms with Crippen LogP contribution < -0.4 is 5.32 Å². The molecule has 94 valence electrons. The van der Waals surface area contributed by atoms with Gasteiger partial charge in [-0.1, -0.05) is 6.42 Å². The molecule has 0 saturated heterocycles. The van der Waals surface area contributed by atoms with Gasteiger partial charge in [-0.2, -0.15) is 0 Å². The predicted molar refractivity (Wildman–Crippen MR) is 75.9 cm³/mol. The molecule has 17 heavy (non-hydrogen) atoms. The normalized spacial score (nSPS) is 23.9. The highest BCUT2D eigenvalue weighted by atomic mass is 79.9. The SMILES string of the molecule is O=C(NCC1CCCC1CCl)c1sccc1Br. The summed E-state index contributed by atoms with van der Waals surface area (Å²) in [6.07, 6.45) is 3.62. The Kier molecular flexibility index (Phi) is 4.88. The molecule has 2 atom stereocenters. The highest BCUT2D eigenvalue weighted by molar-refractivity contribution is 9.10. The van der Waals surface area contributed by atoms with Gasteiger partial charge in [0.15, 0.2) is 0 Å². The summed E-state index contributed by atoms with van der Waals surface area (Å²) in [4.78, 5) is 12.7. The minimum Gasteiger partial charge on any atom is -0.351 e. The molecule has 1 aliphatic rings. The lowest BCUT2D eigenvalue weighted by molar-refractivity contribution is 0.0948. The van der Waals surface area contributed by atoms with Crippen molar-refractivity contribution in [2.24, 2.45) is 11.8 Å². The van der Waals surface area contributed by atoms with Crippen molar-refractivity contribution in [3.63, 3.8) is 0 Å². The molecule has 2 rings (SSSR count). The number of amides is 1. The largest absolute Gasteiger partial charge is 0.351 e. The summed E-state index contributed by atoms with van der Waals surface area (Å²) in [6, 6.07) is 1.90. The second-order valence-electron chi connectivity index (χ2n) is 4.41. The van der Waals surface area contributed by atoms with Gasteiger partial charge in [-0.25, -0.2) is 0 Å². The van der Waals surface area contributed by atoms with E-state index in [0.29, 0.717) is 17.7 Å². The van der Waals surface area contributed by atoms with Gasteiger partial charge in [0.2, 0.25) is 0 Å². The van der Waals surface area contributed by atoms with Crippen molar-refractivity contribution in [1.29, 1.82) is 0 Å². The summed E-state index contributed by atoms with van der Waals surface area (Å²) >= 11 is 10.8. The fraction of sp³-hybridized carbons (Fsp3) is 0.583. The number of thiophene rings is 1. The van der Waals surface area contributed by atoms with E-state index in [1.54, 1.807) is 0 Å². The van der Waals surface area contributed by atoms with Crippen LogP contribution in [0.3, 0.4) is 0 Å². The first-order chi connectivity index (χ1) is 8.22. The summed E-state index contributed by atoms with van der Waals surface area (Å²) in [5.74, 6) is 1.86. The molecule has 1 aromatic rings. The van der Waals surface area contributed by atoms with Crippen molar-refractivity contribution in [2.45, 2.75) is 19.3 Å². The highest BCUT2D eigenvalue weighted by Crippen LogP contribution is 2.32. The number of halogens is 2. The molecule has 0 spiro atoms. The van der Waals surface area contributed by atoms with E-state index in [4.69, 9.17) is 11.6 Å². The second kappa shape index (κ2) is 6.21. The lowest BCUT2D eigenvalue weighted by Crippen LogP contribution is -2.30. The Balaban J connectivity index is 1.86. The first-order valence-electron chi connectivity index (χ1n) is 5.79. The van der Waals surface area contributed by atoms with Crippen LogP contribution in [0.5, 0.6) is 0 Å². The minimum absolute atomic E-state index is 0.0205. The van der Waals surface area contributed by atoms with E-state index in [9.17, 15) is 4.79 Å². The van der Waals surface area contributed by atoms with Crippen LogP contribution in [-0.2, 0) is 0 Å². The molecule has 1 aliphatic carbocycles. The van der Waals surface area contributed by atoms with Crippen molar-refractivity contribution in [1.82, 2.24) is 5.32 Å². The molecular formula is C12H15BrClNOS. The highest BCUT2D eigenvalue weighted by Gasteiger charge is 2.26. The Morgan fingerprint density at radius 1 is 1.53 bits per heavy atom. The summed E-state index contributed by atoms with van der Waals surface area (Å²) in [5.41, 5.74) is 0. The molecule has 2 nitrogen and oxygen atoms in total.